The summed E-state index contributed by atoms with van der Waals surface area (Å²) in [5.74, 6) is -0.964. The van der Waals surface area contributed by atoms with Crippen molar-refractivity contribution in [2.75, 3.05) is 13.1 Å². The monoisotopic (exact) mass is 315 g/mol. The number of fused-ring (bicyclic) bond motifs is 2. The molecule has 2 atom stereocenters. The molecule has 2 unspecified atom stereocenters. The summed E-state index contributed by atoms with van der Waals surface area (Å²) in [6, 6.07) is 10.8. The van der Waals surface area contributed by atoms with Crippen molar-refractivity contribution >= 4 is 0 Å². The molecule has 2 fully saturated rings. The number of hydrogen-bond donors (Lipinski definition) is 0. The fourth-order valence-electron chi connectivity index (χ4n) is 3.79. The fraction of sp³-hybridized carbons (Fsp3) is 0.389. The molecule has 0 aliphatic carbocycles. The molecule has 0 spiro atoms. The molecule has 3 nitrogen and oxygen atoms in total. The Morgan fingerprint density at radius 3 is 2.43 bits per heavy atom. The van der Waals surface area contributed by atoms with E-state index in [0.717, 1.165) is 37.8 Å². The summed E-state index contributed by atoms with van der Waals surface area (Å²) in [7, 11) is 0. The van der Waals surface area contributed by atoms with Crippen molar-refractivity contribution < 1.29 is 8.78 Å². The highest BCUT2D eigenvalue weighted by Crippen LogP contribution is 2.33. The number of rotatable bonds is 4. The lowest BCUT2D eigenvalue weighted by Crippen LogP contribution is -2.45. The average molecular weight is 315 g/mol. The molecule has 0 amide bonds. The number of benzene rings is 1. The van der Waals surface area contributed by atoms with Crippen molar-refractivity contribution in [1.82, 2.24) is 14.8 Å². The predicted octanol–water partition coefficient (Wildman–Crippen LogP) is 2.82. The average Bonchev–Trinajstić information content (AvgIpc) is 3.11. The van der Waals surface area contributed by atoms with Crippen LogP contribution in [0.3, 0.4) is 0 Å². The van der Waals surface area contributed by atoms with Gasteiger partial charge in [-0.3, -0.25) is 14.8 Å². The van der Waals surface area contributed by atoms with Crippen LogP contribution >= 0.6 is 0 Å². The molecule has 2 aromatic rings. The van der Waals surface area contributed by atoms with Crippen molar-refractivity contribution in [3.05, 3.63) is 65.5 Å². The highest BCUT2D eigenvalue weighted by atomic mass is 19.1. The van der Waals surface area contributed by atoms with Crippen LogP contribution in [-0.2, 0) is 13.1 Å². The summed E-state index contributed by atoms with van der Waals surface area (Å²) >= 11 is 0. The molecule has 3 heterocycles. The molecule has 2 aliphatic rings. The summed E-state index contributed by atoms with van der Waals surface area (Å²) < 4.78 is 26.8. The molecule has 23 heavy (non-hydrogen) atoms. The molecule has 0 N–H and O–H groups in total. The van der Waals surface area contributed by atoms with Crippen LogP contribution in [-0.4, -0.2) is 40.0 Å². The van der Waals surface area contributed by atoms with Gasteiger partial charge in [0.2, 0.25) is 0 Å². The van der Waals surface area contributed by atoms with Gasteiger partial charge in [-0.1, -0.05) is 12.1 Å². The maximum Gasteiger partial charge on any atom is 0.130 e. The predicted molar refractivity (Wildman–Crippen MR) is 83.6 cm³/mol. The van der Waals surface area contributed by atoms with Crippen molar-refractivity contribution in [3.63, 3.8) is 0 Å². The molecule has 0 saturated carbocycles. The van der Waals surface area contributed by atoms with Gasteiger partial charge in [-0.2, -0.15) is 0 Å². The van der Waals surface area contributed by atoms with Gasteiger partial charge in [-0.25, -0.2) is 8.78 Å². The normalized spacial score (nSPS) is 24.4. The highest BCUT2D eigenvalue weighted by Gasteiger charge is 2.43. The molecule has 120 valence electrons. The number of nitrogens with zero attached hydrogens (tertiary/aromatic N) is 3. The maximum absolute atomic E-state index is 13.8. The Balaban J connectivity index is 1.39. The highest BCUT2D eigenvalue weighted by molar-refractivity contribution is 5.19. The van der Waals surface area contributed by atoms with Gasteiger partial charge in [-0.15, -0.1) is 0 Å². The summed E-state index contributed by atoms with van der Waals surface area (Å²) in [5, 5.41) is 0. The SMILES string of the molecule is Fc1ccc(CN2CC3CC2CN3Cc2ccccn2)c(F)c1. The maximum atomic E-state index is 13.8. The van der Waals surface area contributed by atoms with E-state index in [4.69, 9.17) is 0 Å². The summed E-state index contributed by atoms with van der Waals surface area (Å²) in [4.78, 5) is 9.17. The molecule has 2 bridgehead atoms. The van der Waals surface area contributed by atoms with E-state index in [2.05, 4.69) is 20.9 Å². The van der Waals surface area contributed by atoms with Crippen LogP contribution in [0.4, 0.5) is 8.78 Å². The minimum absolute atomic E-state index is 0.446. The first kappa shape index (κ1) is 14.7. The molecule has 1 aromatic heterocycles. The van der Waals surface area contributed by atoms with Crippen LogP contribution in [0.5, 0.6) is 0 Å². The van der Waals surface area contributed by atoms with Crippen molar-refractivity contribution in [2.45, 2.75) is 31.6 Å². The summed E-state index contributed by atoms with van der Waals surface area (Å²) in [6.07, 6.45) is 2.95. The second-order valence-corrected chi connectivity index (χ2v) is 6.46. The van der Waals surface area contributed by atoms with Gasteiger partial charge in [0.1, 0.15) is 11.6 Å². The number of hydrogen-bond acceptors (Lipinski definition) is 3. The zero-order chi connectivity index (χ0) is 15.8. The van der Waals surface area contributed by atoms with Gasteiger partial charge < -0.3 is 0 Å². The lowest BCUT2D eigenvalue weighted by atomic mass is 10.1. The Kier molecular flexibility index (Phi) is 3.83. The van der Waals surface area contributed by atoms with Crippen molar-refractivity contribution in [2.24, 2.45) is 0 Å². The van der Waals surface area contributed by atoms with E-state index >= 15 is 0 Å². The van der Waals surface area contributed by atoms with E-state index in [-0.39, 0.29) is 0 Å². The number of likely N-dealkylation sites (tertiary alicyclic amines) is 2. The lowest BCUT2D eigenvalue weighted by Gasteiger charge is -2.34. The molecule has 5 heteroatoms. The van der Waals surface area contributed by atoms with Gasteiger partial charge in [0.05, 0.1) is 5.69 Å². The zero-order valence-electron chi connectivity index (χ0n) is 12.8. The number of pyridine rings is 1. The van der Waals surface area contributed by atoms with Crippen LogP contribution in [0.15, 0.2) is 42.6 Å². The Morgan fingerprint density at radius 2 is 1.78 bits per heavy atom. The third-order valence-corrected chi connectivity index (χ3v) is 4.95. The van der Waals surface area contributed by atoms with E-state index in [1.54, 1.807) is 6.07 Å². The second kappa shape index (κ2) is 5.98. The summed E-state index contributed by atoms with van der Waals surface area (Å²) in [6.45, 7) is 3.36. The van der Waals surface area contributed by atoms with Crippen LogP contribution in [0.25, 0.3) is 0 Å². The van der Waals surface area contributed by atoms with Gasteiger partial charge in [0.15, 0.2) is 0 Å². The largest absolute Gasteiger partial charge is 0.293 e. The Morgan fingerprint density at radius 1 is 1.00 bits per heavy atom. The minimum atomic E-state index is -0.518. The van der Waals surface area contributed by atoms with Gasteiger partial charge in [0.25, 0.3) is 0 Å². The van der Waals surface area contributed by atoms with E-state index in [9.17, 15) is 8.78 Å². The third kappa shape index (κ3) is 2.99. The summed E-state index contributed by atoms with van der Waals surface area (Å²) in [5.41, 5.74) is 1.67. The first-order valence-corrected chi connectivity index (χ1v) is 8.01. The number of halogens is 2. The molecular weight excluding hydrogens is 296 g/mol. The van der Waals surface area contributed by atoms with Crippen LogP contribution in [0.1, 0.15) is 17.7 Å². The second-order valence-electron chi connectivity index (χ2n) is 6.46. The molecule has 0 radical (unpaired) electrons. The Bertz CT molecular complexity index is 692. The van der Waals surface area contributed by atoms with Crippen LogP contribution < -0.4 is 0 Å². The molecule has 2 aliphatic heterocycles. The molecule has 2 saturated heterocycles. The Hall–Kier alpha value is -1.85. The topological polar surface area (TPSA) is 19.4 Å². The third-order valence-electron chi connectivity index (χ3n) is 4.95. The first-order valence-electron chi connectivity index (χ1n) is 8.01. The standard InChI is InChI=1S/C18H19F2N3/c19-14-5-4-13(18(20)7-14)9-22-11-17-8-16(22)12-23(17)10-15-3-1-2-6-21-15/h1-7,16-17H,8-12H2. The minimum Gasteiger partial charge on any atom is -0.293 e. The van der Waals surface area contributed by atoms with Crippen molar-refractivity contribution in [1.29, 1.82) is 0 Å². The van der Waals surface area contributed by atoms with E-state index in [1.807, 2.05) is 18.3 Å². The zero-order valence-corrected chi connectivity index (χ0v) is 12.8. The molecular formula is C18H19F2N3. The van der Waals surface area contributed by atoms with E-state index < -0.39 is 11.6 Å². The van der Waals surface area contributed by atoms with E-state index in [1.165, 1.54) is 6.07 Å². The molecule has 4 rings (SSSR count). The van der Waals surface area contributed by atoms with Crippen LogP contribution in [0.2, 0.25) is 0 Å². The smallest absolute Gasteiger partial charge is 0.130 e. The number of piperazine rings is 1. The van der Waals surface area contributed by atoms with Gasteiger partial charge >= 0.3 is 0 Å². The quantitative estimate of drug-likeness (QED) is 0.865. The van der Waals surface area contributed by atoms with Gasteiger partial charge in [0, 0.05) is 56.1 Å². The van der Waals surface area contributed by atoms with Crippen molar-refractivity contribution in [3.8, 4) is 0 Å². The molecule has 1 aromatic carbocycles. The Labute approximate surface area is 134 Å². The van der Waals surface area contributed by atoms with Gasteiger partial charge in [-0.05, 0) is 24.6 Å². The number of aromatic nitrogens is 1. The first-order chi connectivity index (χ1) is 11.2. The van der Waals surface area contributed by atoms with E-state index in [0.29, 0.717) is 24.2 Å². The lowest BCUT2D eigenvalue weighted by molar-refractivity contribution is 0.116. The fourth-order valence-corrected chi connectivity index (χ4v) is 3.79. The van der Waals surface area contributed by atoms with Crippen LogP contribution in [0, 0.1) is 11.6 Å².